The Morgan fingerprint density at radius 2 is 2.24 bits per heavy atom. The van der Waals surface area contributed by atoms with E-state index in [2.05, 4.69) is 0 Å². The number of hydrogen-bond acceptors (Lipinski definition) is 5. The molecule has 2 heterocycles. The molecule has 1 aliphatic heterocycles. The Morgan fingerprint density at radius 1 is 1.47 bits per heavy atom. The van der Waals surface area contributed by atoms with Gasteiger partial charge in [0.1, 0.15) is 4.88 Å². The topological polar surface area (TPSA) is 69.4 Å². The van der Waals surface area contributed by atoms with Crippen LogP contribution < -0.4 is 5.73 Å². The number of primary amides is 1. The summed E-state index contributed by atoms with van der Waals surface area (Å²) in [5.41, 5.74) is 6.68. The van der Waals surface area contributed by atoms with Gasteiger partial charge in [-0.2, -0.15) is 11.8 Å². The van der Waals surface area contributed by atoms with E-state index in [4.69, 9.17) is 10.5 Å². The molecule has 0 saturated carbocycles. The highest BCUT2D eigenvalue weighted by molar-refractivity contribution is 7.98. The van der Waals surface area contributed by atoms with E-state index in [-0.39, 0.29) is 0 Å². The van der Waals surface area contributed by atoms with Gasteiger partial charge >= 0.3 is 5.97 Å². The number of thioether (sulfide) groups is 1. The van der Waals surface area contributed by atoms with Gasteiger partial charge in [0.2, 0.25) is 0 Å². The van der Waals surface area contributed by atoms with Crippen LogP contribution in [0.15, 0.2) is 0 Å². The minimum atomic E-state index is -0.544. The molecule has 0 unspecified atom stereocenters. The number of hydrogen-bond donors (Lipinski definition) is 1. The van der Waals surface area contributed by atoms with Gasteiger partial charge in [0.25, 0.3) is 5.91 Å². The fourth-order valence-corrected chi connectivity index (χ4v) is 4.15. The van der Waals surface area contributed by atoms with Crippen molar-refractivity contribution < 1.29 is 14.3 Å². The fourth-order valence-electron chi connectivity index (χ4n) is 1.83. The Balaban J connectivity index is 2.49. The minimum Gasteiger partial charge on any atom is -0.462 e. The smallest absolute Gasteiger partial charge is 0.340 e. The molecule has 1 aromatic rings. The fraction of sp³-hybridized carbons (Fsp3) is 0.455. The second kappa shape index (κ2) is 5.10. The van der Waals surface area contributed by atoms with Crippen LogP contribution >= 0.6 is 23.1 Å². The van der Waals surface area contributed by atoms with Gasteiger partial charge in [-0.3, -0.25) is 4.79 Å². The maximum absolute atomic E-state index is 11.9. The van der Waals surface area contributed by atoms with Crippen LogP contribution in [0.4, 0.5) is 0 Å². The summed E-state index contributed by atoms with van der Waals surface area (Å²) in [5, 5.41) is 0. The second-order valence-electron chi connectivity index (χ2n) is 3.60. The van der Waals surface area contributed by atoms with Crippen molar-refractivity contribution in [2.45, 2.75) is 19.1 Å². The molecular formula is C11H13NO3S2. The molecule has 6 heteroatoms. The van der Waals surface area contributed by atoms with Crippen LogP contribution in [0.5, 0.6) is 0 Å². The third-order valence-electron chi connectivity index (χ3n) is 2.52. The Morgan fingerprint density at radius 3 is 2.88 bits per heavy atom. The molecule has 2 N–H and O–H groups in total. The minimum absolute atomic E-state index is 0.302. The first-order chi connectivity index (χ1) is 8.15. The average molecular weight is 271 g/mol. The van der Waals surface area contributed by atoms with Gasteiger partial charge in [0, 0.05) is 10.6 Å². The van der Waals surface area contributed by atoms with Crippen LogP contribution in [0, 0.1) is 0 Å². The number of fused-ring (bicyclic) bond motifs is 1. The zero-order valence-corrected chi connectivity index (χ0v) is 11.1. The molecule has 0 spiro atoms. The summed E-state index contributed by atoms with van der Waals surface area (Å²) in [6.07, 6.45) is 0.803. The van der Waals surface area contributed by atoms with E-state index in [1.54, 1.807) is 18.7 Å². The van der Waals surface area contributed by atoms with Crippen molar-refractivity contribution in [1.29, 1.82) is 0 Å². The summed E-state index contributed by atoms with van der Waals surface area (Å²) in [7, 11) is 0. The molecule has 0 aliphatic carbocycles. The lowest BCUT2D eigenvalue weighted by Crippen LogP contribution is -2.17. The molecule has 0 atom stereocenters. The highest BCUT2D eigenvalue weighted by Crippen LogP contribution is 2.36. The van der Waals surface area contributed by atoms with E-state index in [1.165, 1.54) is 11.3 Å². The van der Waals surface area contributed by atoms with Gasteiger partial charge in [-0.15, -0.1) is 11.3 Å². The maximum Gasteiger partial charge on any atom is 0.340 e. The largest absolute Gasteiger partial charge is 0.462 e. The van der Waals surface area contributed by atoms with E-state index < -0.39 is 11.9 Å². The van der Waals surface area contributed by atoms with E-state index in [9.17, 15) is 9.59 Å². The summed E-state index contributed by atoms with van der Waals surface area (Å²) in [6, 6.07) is 0. The van der Waals surface area contributed by atoms with Gasteiger partial charge in [0.15, 0.2) is 0 Å². The molecule has 0 saturated heterocycles. The molecule has 17 heavy (non-hydrogen) atoms. The SMILES string of the molecule is CCOC(=O)c1c(C(N)=O)sc2c1CCSC2. The van der Waals surface area contributed by atoms with Crippen LogP contribution in [-0.2, 0) is 16.9 Å². The lowest BCUT2D eigenvalue weighted by molar-refractivity contribution is 0.0522. The number of ether oxygens (including phenoxy) is 1. The molecule has 4 nitrogen and oxygen atoms in total. The van der Waals surface area contributed by atoms with Crippen molar-refractivity contribution in [1.82, 2.24) is 0 Å². The molecule has 1 aromatic heterocycles. The molecule has 0 radical (unpaired) electrons. The molecule has 92 valence electrons. The van der Waals surface area contributed by atoms with Gasteiger partial charge in [-0.1, -0.05) is 0 Å². The van der Waals surface area contributed by atoms with E-state index >= 15 is 0 Å². The third-order valence-corrected chi connectivity index (χ3v) is 4.94. The van der Waals surface area contributed by atoms with Crippen LogP contribution in [-0.4, -0.2) is 24.2 Å². The molecule has 0 bridgehead atoms. The summed E-state index contributed by atoms with van der Waals surface area (Å²) in [4.78, 5) is 24.7. The summed E-state index contributed by atoms with van der Waals surface area (Å²) in [5.74, 6) is 0.844. The standard InChI is InChI=1S/C11H13NO3S2/c1-2-15-11(14)8-6-3-4-16-5-7(6)17-9(8)10(12)13/h2-5H2,1H3,(H2,12,13). The monoisotopic (exact) mass is 271 g/mol. The van der Waals surface area contributed by atoms with Gasteiger partial charge in [0.05, 0.1) is 12.2 Å². The number of nitrogens with two attached hydrogens (primary N) is 1. The number of amides is 1. The first-order valence-electron chi connectivity index (χ1n) is 5.34. The first kappa shape index (κ1) is 12.4. The molecule has 1 aliphatic rings. The molecule has 0 aromatic carbocycles. The Bertz CT molecular complexity index is 468. The Kier molecular flexibility index (Phi) is 3.73. The van der Waals surface area contributed by atoms with Gasteiger partial charge in [-0.25, -0.2) is 4.79 Å². The molecule has 0 fully saturated rings. The zero-order chi connectivity index (χ0) is 12.4. The third kappa shape index (κ3) is 2.32. The first-order valence-corrected chi connectivity index (χ1v) is 7.31. The Labute approximate surface area is 108 Å². The quantitative estimate of drug-likeness (QED) is 0.851. The van der Waals surface area contributed by atoms with Crippen molar-refractivity contribution in [2.75, 3.05) is 12.4 Å². The van der Waals surface area contributed by atoms with Crippen molar-refractivity contribution in [3.05, 3.63) is 20.9 Å². The van der Waals surface area contributed by atoms with Crippen molar-refractivity contribution in [3.63, 3.8) is 0 Å². The molecule has 2 rings (SSSR count). The maximum atomic E-state index is 11.9. The highest BCUT2D eigenvalue weighted by Gasteiger charge is 2.28. The van der Waals surface area contributed by atoms with E-state index in [1.807, 2.05) is 0 Å². The number of carbonyl (C=O) groups is 2. The Hall–Kier alpha value is -1.01. The number of carbonyl (C=O) groups excluding carboxylic acids is 2. The van der Waals surface area contributed by atoms with E-state index in [0.29, 0.717) is 17.0 Å². The van der Waals surface area contributed by atoms with Crippen LogP contribution in [0.25, 0.3) is 0 Å². The second-order valence-corrected chi connectivity index (χ2v) is 5.81. The average Bonchev–Trinajstić information content (AvgIpc) is 2.68. The van der Waals surface area contributed by atoms with Crippen LogP contribution in [0.1, 0.15) is 37.4 Å². The summed E-state index contributed by atoms with van der Waals surface area (Å²) >= 11 is 3.13. The number of esters is 1. The lowest BCUT2D eigenvalue weighted by atomic mass is 10.1. The number of rotatable bonds is 3. The van der Waals surface area contributed by atoms with Gasteiger partial charge < -0.3 is 10.5 Å². The normalized spacial score (nSPS) is 14.2. The van der Waals surface area contributed by atoms with Crippen molar-refractivity contribution in [3.8, 4) is 0 Å². The predicted octanol–water partition coefficient (Wildman–Crippen LogP) is 1.81. The van der Waals surface area contributed by atoms with Crippen molar-refractivity contribution >= 4 is 35.0 Å². The van der Waals surface area contributed by atoms with Crippen molar-refractivity contribution in [2.24, 2.45) is 5.73 Å². The zero-order valence-electron chi connectivity index (χ0n) is 9.45. The summed E-state index contributed by atoms with van der Waals surface area (Å²) in [6.45, 7) is 2.05. The highest BCUT2D eigenvalue weighted by atomic mass is 32.2. The molecular weight excluding hydrogens is 258 g/mol. The van der Waals surface area contributed by atoms with Crippen LogP contribution in [0.2, 0.25) is 0 Å². The van der Waals surface area contributed by atoms with Gasteiger partial charge in [-0.05, 0) is 24.7 Å². The van der Waals surface area contributed by atoms with E-state index in [0.717, 1.165) is 28.4 Å². The summed E-state index contributed by atoms with van der Waals surface area (Å²) < 4.78 is 5.00. The molecule has 1 amide bonds. The number of thiophene rings is 1. The predicted molar refractivity (Wildman–Crippen MR) is 68.7 cm³/mol. The van der Waals surface area contributed by atoms with Crippen LogP contribution in [0.3, 0.4) is 0 Å². The lowest BCUT2D eigenvalue weighted by Gasteiger charge is -2.11.